The maximum Gasteiger partial charge on any atom is 0.191 e. The highest BCUT2D eigenvalue weighted by Gasteiger charge is 2.15. The van der Waals surface area contributed by atoms with E-state index in [1.807, 2.05) is 26.2 Å². The van der Waals surface area contributed by atoms with Crippen LogP contribution in [0, 0.1) is 0 Å². The maximum atomic E-state index is 5.79. The fraction of sp³-hybridized carbons (Fsp3) is 0.632. The van der Waals surface area contributed by atoms with Crippen molar-refractivity contribution < 1.29 is 9.47 Å². The zero-order valence-electron chi connectivity index (χ0n) is 16.2. The SMILES string of the molecule is CCNC(=NCc1cccc(OCCN(C)C)c1)NCC1CCCO1.I. The van der Waals surface area contributed by atoms with Crippen LogP contribution < -0.4 is 15.4 Å². The minimum absolute atomic E-state index is 0. The Bertz CT molecular complexity index is 534. The maximum absolute atomic E-state index is 5.79. The average molecular weight is 476 g/mol. The number of benzene rings is 1. The first-order valence-electron chi connectivity index (χ1n) is 9.17. The first-order chi connectivity index (χ1) is 12.2. The Kier molecular flexibility index (Phi) is 11.6. The Labute approximate surface area is 174 Å². The summed E-state index contributed by atoms with van der Waals surface area (Å²) in [4.78, 5) is 6.78. The average Bonchev–Trinajstić information content (AvgIpc) is 3.11. The van der Waals surface area contributed by atoms with Crippen LogP contribution in [0.2, 0.25) is 0 Å². The molecule has 2 rings (SSSR count). The molecule has 1 heterocycles. The number of likely N-dealkylation sites (N-methyl/N-ethyl adjacent to an activating group) is 1. The van der Waals surface area contributed by atoms with Crippen molar-refractivity contribution >= 4 is 29.9 Å². The van der Waals surface area contributed by atoms with Gasteiger partial charge in [-0.15, -0.1) is 24.0 Å². The second-order valence-electron chi connectivity index (χ2n) is 6.51. The van der Waals surface area contributed by atoms with Crippen molar-refractivity contribution in [2.45, 2.75) is 32.4 Å². The number of guanidine groups is 1. The van der Waals surface area contributed by atoms with Crippen molar-refractivity contribution in [1.82, 2.24) is 15.5 Å². The van der Waals surface area contributed by atoms with Crippen LogP contribution >= 0.6 is 24.0 Å². The third kappa shape index (κ3) is 9.05. The van der Waals surface area contributed by atoms with Gasteiger partial charge in [0.15, 0.2) is 5.96 Å². The molecule has 2 N–H and O–H groups in total. The molecule has 1 aliphatic heterocycles. The van der Waals surface area contributed by atoms with E-state index in [-0.39, 0.29) is 24.0 Å². The van der Waals surface area contributed by atoms with Gasteiger partial charge < -0.3 is 25.0 Å². The zero-order valence-corrected chi connectivity index (χ0v) is 18.5. The summed E-state index contributed by atoms with van der Waals surface area (Å²) in [6, 6.07) is 8.14. The number of halogens is 1. The minimum Gasteiger partial charge on any atom is -0.492 e. The molecule has 26 heavy (non-hydrogen) atoms. The lowest BCUT2D eigenvalue weighted by Gasteiger charge is -2.15. The Morgan fingerprint density at radius 2 is 2.19 bits per heavy atom. The monoisotopic (exact) mass is 476 g/mol. The van der Waals surface area contributed by atoms with Crippen LogP contribution in [0.4, 0.5) is 0 Å². The van der Waals surface area contributed by atoms with Crippen molar-refractivity contribution in [3.63, 3.8) is 0 Å². The topological polar surface area (TPSA) is 58.1 Å². The van der Waals surface area contributed by atoms with E-state index in [0.717, 1.165) is 56.4 Å². The molecule has 0 spiro atoms. The first-order valence-corrected chi connectivity index (χ1v) is 9.17. The Morgan fingerprint density at radius 3 is 2.88 bits per heavy atom. The van der Waals surface area contributed by atoms with Crippen molar-refractivity contribution in [1.29, 1.82) is 0 Å². The van der Waals surface area contributed by atoms with Crippen LogP contribution in [-0.4, -0.2) is 63.9 Å². The van der Waals surface area contributed by atoms with E-state index in [4.69, 9.17) is 9.47 Å². The van der Waals surface area contributed by atoms with Gasteiger partial charge in [-0.1, -0.05) is 12.1 Å². The zero-order chi connectivity index (χ0) is 17.9. The van der Waals surface area contributed by atoms with Crippen molar-refractivity contribution in [2.75, 3.05) is 46.9 Å². The van der Waals surface area contributed by atoms with E-state index in [9.17, 15) is 0 Å². The van der Waals surface area contributed by atoms with Crippen LogP contribution in [0.3, 0.4) is 0 Å². The molecule has 0 radical (unpaired) electrons. The van der Waals surface area contributed by atoms with Crippen LogP contribution in [0.25, 0.3) is 0 Å². The van der Waals surface area contributed by atoms with Gasteiger partial charge >= 0.3 is 0 Å². The molecule has 1 aromatic rings. The van der Waals surface area contributed by atoms with Gasteiger partial charge in [0.1, 0.15) is 12.4 Å². The number of nitrogens with zero attached hydrogens (tertiary/aromatic N) is 2. The molecule has 1 atom stereocenters. The second kappa shape index (κ2) is 13.2. The van der Waals surface area contributed by atoms with Gasteiger partial charge in [-0.05, 0) is 51.6 Å². The molecule has 1 aromatic carbocycles. The highest BCUT2D eigenvalue weighted by atomic mass is 127. The standard InChI is InChI=1S/C19H32N4O2.HI/c1-4-20-19(22-15-18-9-6-11-24-18)21-14-16-7-5-8-17(13-16)25-12-10-23(2)3;/h5,7-8,13,18H,4,6,9-12,14-15H2,1-3H3,(H2,20,21,22);1H. The molecule has 7 heteroatoms. The number of hydrogen-bond acceptors (Lipinski definition) is 4. The van der Waals surface area contributed by atoms with Gasteiger partial charge in [0.05, 0.1) is 12.6 Å². The number of aliphatic imine (C=N–C) groups is 1. The van der Waals surface area contributed by atoms with Gasteiger partial charge in [0, 0.05) is 26.2 Å². The smallest absolute Gasteiger partial charge is 0.191 e. The van der Waals surface area contributed by atoms with Gasteiger partial charge in [-0.25, -0.2) is 4.99 Å². The molecule has 0 bridgehead atoms. The Hall–Kier alpha value is -1.06. The van der Waals surface area contributed by atoms with E-state index in [2.05, 4.69) is 39.6 Å². The summed E-state index contributed by atoms with van der Waals surface area (Å²) in [6.45, 7) is 6.80. The highest BCUT2D eigenvalue weighted by molar-refractivity contribution is 14.0. The highest BCUT2D eigenvalue weighted by Crippen LogP contribution is 2.14. The molecule has 0 aromatic heterocycles. The van der Waals surface area contributed by atoms with Crippen molar-refractivity contribution in [3.05, 3.63) is 29.8 Å². The molecule has 0 saturated carbocycles. The Morgan fingerprint density at radius 1 is 1.35 bits per heavy atom. The molecule has 148 valence electrons. The molecular weight excluding hydrogens is 443 g/mol. The first kappa shape index (κ1) is 23.0. The van der Waals surface area contributed by atoms with Crippen molar-refractivity contribution in [3.8, 4) is 5.75 Å². The number of hydrogen-bond donors (Lipinski definition) is 2. The lowest BCUT2D eigenvalue weighted by Crippen LogP contribution is -2.41. The fourth-order valence-electron chi connectivity index (χ4n) is 2.61. The van der Waals surface area contributed by atoms with Gasteiger partial charge in [-0.2, -0.15) is 0 Å². The van der Waals surface area contributed by atoms with Gasteiger partial charge in [-0.3, -0.25) is 0 Å². The summed E-state index contributed by atoms with van der Waals surface area (Å²) in [5.74, 6) is 1.73. The molecule has 1 fully saturated rings. The summed E-state index contributed by atoms with van der Waals surface area (Å²) < 4.78 is 11.4. The molecule has 1 aliphatic rings. The number of nitrogens with one attached hydrogen (secondary N) is 2. The predicted octanol–water partition coefficient (Wildman–Crippen LogP) is 2.48. The van der Waals surface area contributed by atoms with Crippen LogP contribution in [0.1, 0.15) is 25.3 Å². The molecule has 1 saturated heterocycles. The van der Waals surface area contributed by atoms with E-state index in [0.29, 0.717) is 19.3 Å². The van der Waals surface area contributed by atoms with Crippen LogP contribution in [0.5, 0.6) is 5.75 Å². The molecule has 0 amide bonds. The van der Waals surface area contributed by atoms with E-state index in [1.165, 1.54) is 0 Å². The quantitative estimate of drug-likeness (QED) is 0.326. The van der Waals surface area contributed by atoms with Crippen molar-refractivity contribution in [2.24, 2.45) is 4.99 Å². The summed E-state index contributed by atoms with van der Waals surface area (Å²) in [6.07, 6.45) is 2.58. The largest absolute Gasteiger partial charge is 0.492 e. The Balaban J connectivity index is 0.00000338. The second-order valence-corrected chi connectivity index (χ2v) is 6.51. The molecule has 1 unspecified atom stereocenters. The third-order valence-corrected chi connectivity index (χ3v) is 3.99. The lowest BCUT2D eigenvalue weighted by molar-refractivity contribution is 0.114. The minimum atomic E-state index is 0. The van der Waals surface area contributed by atoms with E-state index >= 15 is 0 Å². The fourth-order valence-corrected chi connectivity index (χ4v) is 2.61. The van der Waals surface area contributed by atoms with E-state index < -0.39 is 0 Å². The van der Waals surface area contributed by atoms with Crippen LogP contribution in [0.15, 0.2) is 29.3 Å². The summed E-state index contributed by atoms with van der Waals surface area (Å²) >= 11 is 0. The molecule has 6 nitrogen and oxygen atoms in total. The molecular formula is C19H33IN4O2. The number of ether oxygens (including phenoxy) is 2. The number of rotatable bonds is 9. The summed E-state index contributed by atoms with van der Waals surface area (Å²) in [5, 5.41) is 6.66. The lowest BCUT2D eigenvalue weighted by atomic mass is 10.2. The normalized spacial score (nSPS) is 17.1. The third-order valence-electron chi connectivity index (χ3n) is 3.99. The van der Waals surface area contributed by atoms with Gasteiger partial charge in [0.25, 0.3) is 0 Å². The summed E-state index contributed by atoms with van der Waals surface area (Å²) in [7, 11) is 4.08. The predicted molar refractivity (Wildman–Crippen MR) is 118 cm³/mol. The van der Waals surface area contributed by atoms with Crippen LogP contribution in [-0.2, 0) is 11.3 Å². The summed E-state index contributed by atoms with van der Waals surface area (Å²) in [5.41, 5.74) is 1.14. The molecule has 0 aliphatic carbocycles. The van der Waals surface area contributed by atoms with E-state index in [1.54, 1.807) is 0 Å². The van der Waals surface area contributed by atoms with Gasteiger partial charge in [0.2, 0.25) is 0 Å².